The molecule has 1 saturated heterocycles. The van der Waals surface area contributed by atoms with Crippen molar-refractivity contribution in [3.63, 3.8) is 0 Å². The molecule has 1 aromatic heterocycles. The zero-order valence-electron chi connectivity index (χ0n) is 17.0. The number of ether oxygens (including phenoxy) is 1. The number of guanidine groups is 1. The Morgan fingerprint density at radius 3 is 2.86 bits per heavy atom. The van der Waals surface area contributed by atoms with Crippen LogP contribution >= 0.6 is 0 Å². The molecule has 3 rings (SSSR count). The minimum atomic E-state index is -0.439. The summed E-state index contributed by atoms with van der Waals surface area (Å²) in [6.07, 6.45) is 8.66. The summed E-state index contributed by atoms with van der Waals surface area (Å²) in [5.74, 6) is 0.508. The summed E-state index contributed by atoms with van der Waals surface area (Å²) in [7, 11) is 0. The van der Waals surface area contributed by atoms with Gasteiger partial charge in [0.25, 0.3) is 0 Å². The van der Waals surface area contributed by atoms with Crippen LogP contribution in [-0.4, -0.2) is 34.2 Å². The normalized spacial score (nSPS) is 16.3. The number of aromatic nitrogens is 2. The molecule has 0 amide bonds. The van der Waals surface area contributed by atoms with E-state index in [9.17, 15) is 4.39 Å². The number of hydrogen-bond acceptors (Lipinski definition) is 5. The van der Waals surface area contributed by atoms with E-state index >= 15 is 0 Å². The average Bonchev–Trinajstić information content (AvgIpc) is 3.37. The second-order valence-corrected chi connectivity index (χ2v) is 7.45. The van der Waals surface area contributed by atoms with E-state index < -0.39 is 5.82 Å². The maximum atomic E-state index is 14.4. The molecule has 1 aromatic carbocycles. The van der Waals surface area contributed by atoms with Crippen molar-refractivity contribution < 1.29 is 13.7 Å². The third-order valence-electron chi connectivity index (χ3n) is 5.23. The molecule has 8 heteroatoms. The number of rotatable bonds is 10. The van der Waals surface area contributed by atoms with Gasteiger partial charge in [-0.1, -0.05) is 44.2 Å². The van der Waals surface area contributed by atoms with Crippen molar-refractivity contribution in [3.05, 3.63) is 29.9 Å². The maximum Gasteiger partial charge on any atom is 0.249 e. The lowest BCUT2D eigenvalue weighted by Crippen LogP contribution is -2.35. The predicted octanol–water partition coefficient (Wildman–Crippen LogP) is 4.65. The van der Waals surface area contributed by atoms with Gasteiger partial charge in [-0.3, -0.25) is 5.41 Å². The summed E-state index contributed by atoms with van der Waals surface area (Å²) in [6.45, 7) is 3.40. The molecule has 0 aliphatic carbocycles. The second kappa shape index (κ2) is 10.2. The predicted molar refractivity (Wildman–Crippen MR) is 109 cm³/mol. The average molecular weight is 404 g/mol. The van der Waals surface area contributed by atoms with E-state index in [-0.39, 0.29) is 17.8 Å². The number of nitrogens with zero attached hydrogens (tertiary/aromatic N) is 3. The first-order chi connectivity index (χ1) is 14.1. The van der Waals surface area contributed by atoms with Crippen LogP contribution in [0.5, 0.6) is 5.75 Å². The van der Waals surface area contributed by atoms with Crippen molar-refractivity contribution in [1.82, 2.24) is 15.0 Å². The molecular formula is C21H30FN5O2. The van der Waals surface area contributed by atoms with E-state index in [1.807, 2.05) is 0 Å². The first kappa shape index (κ1) is 21.1. The first-order valence-electron chi connectivity index (χ1n) is 10.5. The molecule has 3 N–H and O–H groups in total. The number of benzene rings is 1. The van der Waals surface area contributed by atoms with Gasteiger partial charge in [0.1, 0.15) is 6.04 Å². The number of nitrogens with one attached hydrogen (secondary N) is 1. The second-order valence-electron chi connectivity index (χ2n) is 7.45. The first-order valence-corrected chi connectivity index (χ1v) is 10.5. The van der Waals surface area contributed by atoms with Crippen LogP contribution in [0.3, 0.4) is 0 Å². The number of hydrogen-bond donors (Lipinski definition) is 2. The molecule has 7 nitrogen and oxygen atoms in total. The van der Waals surface area contributed by atoms with Crippen LogP contribution in [0.2, 0.25) is 0 Å². The highest BCUT2D eigenvalue weighted by Crippen LogP contribution is 2.32. The molecule has 158 valence electrons. The monoisotopic (exact) mass is 403 g/mol. The summed E-state index contributed by atoms with van der Waals surface area (Å²) in [4.78, 5) is 6.13. The number of likely N-dealkylation sites (tertiary alicyclic amines) is 1. The fraction of sp³-hybridized carbons (Fsp3) is 0.571. The smallest absolute Gasteiger partial charge is 0.249 e. The molecule has 0 unspecified atom stereocenters. The zero-order chi connectivity index (χ0) is 20.6. The molecule has 2 aromatic rings. The number of nitrogens with two attached hydrogens (primary N) is 1. The highest BCUT2D eigenvalue weighted by atomic mass is 19.1. The van der Waals surface area contributed by atoms with Gasteiger partial charge in [0, 0.05) is 12.1 Å². The highest BCUT2D eigenvalue weighted by Gasteiger charge is 2.31. The lowest BCUT2D eigenvalue weighted by Gasteiger charge is -2.21. The van der Waals surface area contributed by atoms with Gasteiger partial charge >= 0.3 is 0 Å². The van der Waals surface area contributed by atoms with E-state index in [2.05, 4.69) is 17.1 Å². The Labute approximate surface area is 170 Å². The summed E-state index contributed by atoms with van der Waals surface area (Å²) in [5, 5.41) is 11.6. The Hall–Kier alpha value is -2.64. The summed E-state index contributed by atoms with van der Waals surface area (Å²) >= 11 is 0. The van der Waals surface area contributed by atoms with Crippen molar-refractivity contribution in [2.24, 2.45) is 5.73 Å². The molecule has 0 radical (unpaired) electrons. The highest BCUT2D eigenvalue weighted by molar-refractivity contribution is 5.75. The van der Waals surface area contributed by atoms with Gasteiger partial charge in [-0.15, -0.1) is 0 Å². The molecule has 1 aliphatic rings. The Morgan fingerprint density at radius 2 is 2.10 bits per heavy atom. The van der Waals surface area contributed by atoms with E-state index in [0.29, 0.717) is 30.4 Å². The van der Waals surface area contributed by atoms with Crippen LogP contribution in [-0.2, 0) is 0 Å². The van der Waals surface area contributed by atoms with E-state index in [0.717, 1.165) is 25.7 Å². The number of halogens is 1. The standard InChI is InChI=1S/C21H30FN5O2/c1-2-3-4-5-6-7-13-28-18-11-10-15(14-16(18)22)19-25-20(29-26-19)17-9-8-12-27(17)21(23)24/h10-11,14,17H,2-9,12-13H2,1H3,(H3,23,24)/t17-/m0/s1. The van der Waals surface area contributed by atoms with Crippen molar-refractivity contribution in [2.75, 3.05) is 13.2 Å². The Kier molecular flexibility index (Phi) is 7.43. The lowest BCUT2D eigenvalue weighted by atomic mass is 10.1. The van der Waals surface area contributed by atoms with Gasteiger partial charge in [0.15, 0.2) is 17.5 Å². The maximum absolute atomic E-state index is 14.4. The molecule has 0 bridgehead atoms. The topological polar surface area (TPSA) is 101 Å². The van der Waals surface area contributed by atoms with Gasteiger partial charge in [0.2, 0.25) is 11.7 Å². The van der Waals surface area contributed by atoms with Crippen LogP contribution in [0.1, 0.15) is 70.2 Å². The lowest BCUT2D eigenvalue weighted by molar-refractivity contribution is 0.283. The number of unbranched alkanes of at least 4 members (excludes halogenated alkanes) is 5. The van der Waals surface area contributed by atoms with Crippen molar-refractivity contribution >= 4 is 5.96 Å². The molecule has 0 spiro atoms. The third kappa shape index (κ3) is 5.46. The van der Waals surface area contributed by atoms with E-state index in [1.165, 1.54) is 31.7 Å². The third-order valence-corrected chi connectivity index (χ3v) is 5.23. The van der Waals surface area contributed by atoms with Gasteiger partial charge in [-0.05, 0) is 37.5 Å². The minimum Gasteiger partial charge on any atom is -0.491 e. The van der Waals surface area contributed by atoms with Crippen LogP contribution < -0.4 is 10.5 Å². The quantitative estimate of drug-likeness (QED) is 0.340. The van der Waals surface area contributed by atoms with Crippen LogP contribution in [0.4, 0.5) is 4.39 Å². The fourth-order valence-electron chi connectivity index (χ4n) is 3.62. The van der Waals surface area contributed by atoms with Crippen molar-refractivity contribution in [1.29, 1.82) is 5.41 Å². The molecular weight excluding hydrogens is 373 g/mol. The van der Waals surface area contributed by atoms with Gasteiger partial charge < -0.3 is 19.9 Å². The minimum absolute atomic E-state index is 0.00911. The van der Waals surface area contributed by atoms with Crippen LogP contribution in [0.25, 0.3) is 11.4 Å². The molecule has 0 saturated carbocycles. The Bertz CT molecular complexity index is 810. The summed E-state index contributed by atoms with van der Waals surface area (Å²) in [6, 6.07) is 4.50. The van der Waals surface area contributed by atoms with Crippen molar-refractivity contribution in [2.45, 2.75) is 64.3 Å². The molecule has 1 aliphatic heterocycles. The molecule has 2 heterocycles. The van der Waals surface area contributed by atoms with Gasteiger partial charge in [-0.2, -0.15) is 4.98 Å². The zero-order valence-corrected chi connectivity index (χ0v) is 17.0. The Morgan fingerprint density at radius 1 is 1.31 bits per heavy atom. The fourth-order valence-corrected chi connectivity index (χ4v) is 3.62. The summed E-state index contributed by atoms with van der Waals surface area (Å²) in [5.41, 5.74) is 6.14. The molecule has 29 heavy (non-hydrogen) atoms. The van der Waals surface area contributed by atoms with Gasteiger partial charge in [-0.25, -0.2) is 4.39 Å². The van der Waals surface area contributed by atoms with Crippen LogP contribution in [0, 0.1) is 11.2 Å². The Balaban J connectivity index is 1.56. The van der Waals surface area contributed by atoms with Crippen molar-refractivity contribution in [3.8, 4) is 17.1 Å². The van der Waals surface area contributed by atoms with E-state index in [1.54, 1.807) is 17.0 Å². The molecule has 1 fully saturated rings. The van der Waals surface area contributed by atoms with Gasteiger partial charge in [0.05, 0.1) is 6.61 Å². The largest absolute Gasteiger partial charge is 0.491 e. The summed E-state index contributed by atoms with van der Waals surface area (Å²) < 4.78 is 25.4. The van der Waals surface area contributed by atoms with E-state index in [4.69, 9.17) is 20.4 Å². The van der Waals surface area contributed by atoms with Crippen LogP contribution in [0.15, 0.2) is 22.7 Å². The SMILES string of the molecule is CCCCCCCCOc1ccc(-c2noc([C@@H]3CCCN3C(=N)N)n2)cc1F. The molecule has 1 atom stereocenters.